The molecule has 9 heteroatoms. The number of ether oxygens (including phenoxy) is 1. The molecule has 0 saturated carbocycles. The van der Waals surface area contributed by atoms with Crippen molar-refractivity contribution in [3.8, 4) is 5.75 Å². The molecule has 1 heterocycles. The molecule has 0 unspecified atom stereocenters. The highest BCUT2D eigenvalue weighted by Gasteiger charge is 2.32. The summed E-state index contributed by atoms with van der Waals surface area (Å²) in [7, 11) is -3.88. The second-order valence-electron chi connectivity index (χ2n) is 9.69. The van der Waals surface area contributed by atoms with E-state index in [4.69, 9.17) is 4.74 Å². The van der Waals surface area contributed by atoms with Crippen LogP contribution in [-0.2, 0) is 10.0 Å². The van der Waals surface area contributed by atoms with Crippen LogP contribution in [0.2, 0.25) is 0 Å². The average molecular weight is 574 g/mol. The van der Waals surface area contributed by atoms with Crippen LogP contribution in [0.5, 0.6) is 5.75 Å². The highest BCUT2D eigenvalue weighted by Crippen LogP contribution is 2.33. The molecule has 41 heavy (non-hydrogen) atoms. The summed E-state index contributed by atoms with van der Waals surface area (Å²) in [6.45, 7) is 3.79. The summed E-state index contributed by atoms with van der Waals surface area (Å²) >= 11 is 0. The van der Waals surface area contributed by atoms with E-state index in [2.05, 4.69) is 34.5 Å². The molecule has 0 aromatic heterocycles. The number of anilines is 1. The topological polar surface area (TPSA) is 79.0 Å². The molecule has 1 amide bonds. The van der Waals surface area contributed by atoms with Crippen LogP contribution in [0.15, 0.2) is 108 Å². The monoisotopic (exact) mass is 573 g/mol. The van der Waals surface area contributed by atoms with E-state index < -0.39 is 21.7 Å². The summed E-state index contributed by atoms with van der Waals surface area (Å²) in [5.74, 6) is -1.07. The number of piperazine rings is 1. The van der Waals surface area contributed by atoms with Crippen molar-refractivity contribution in [2.24, 2.45) is 0 Å². The van der Waals surface area contributed by atoms with E-state index in [0.717, 1.165) is 11.1 Å². The van der Waals surface area contributed by atoms with Crippen LogP contribution in [0.1, 0.15) is 34.5 Å². The molecule has 0 spiro atoms. The third-order valence-corrected chi connectivity index (χ3v) is 9.02. The lowest BCUT2D eigenvalue weighted by molar-refractivity contribution is 0.102. The molecule has 7 nitrogen and oxygen atoms in total. The Bertz CT molecular complexity index is 1550. The Balaban J connectivity index is 1.36. The number of nitrogens with zero attached hydrogens (tertiary/aromatic N) is 2. The van der Waals surface area contributed by atoms with Crippen LogP contribution in [0.25, 0.3) is 0 Å². The Labute approximate surface area is 240 Å². The number of carbonyl (C=O) groups is 1. The lowest BCUT2D eigenvalue weighted by Gasteiger charge is -2.39. The molecular formula is C32H32FN3O4S. The molecular weight excluding hydrogens is 541 g/mol. The predicted molar refractivity (Wildman–Crippen MR) is 157 cm³/mol. The zero-order valence-electron chi connectivity index (χ0n) is 22.7. The molecule has 5 rings (SSSR count). The maximum atomic E-state index is 14.2. The molecule has 1 saturated heterocycles. The Hall–Kier alpha value is -4.05. The number of amides is 1. The maximum Gasteiger partial charge on any atom is 0.258 e. The van der Waals surface area contributed by atoms with Crippen LogP contribution >= 0.6 is 0 Å². The summed E-state index contributed by atoms with van der Waals surface area (Å²) in [5, 5.41) is 2.63. The fourth-order valence-electron chi connectivity index (χ4n) is 5.12. The molecule has 1 fully saturated rings. The number of halogens is 1. The summed E-state index contributed by atoms with van der Waals surface area (Å²) in [6.07, 6.45) is 0. The minimum absolute atomic E-state index is 0.00734. The number of rotatable bonds is 9. The summed E-state index contributed by atoms with van der Waals surface area (Å²) in [6, 6.07) is 30.4. The Morgan fingerprint density at radius 3 is 2.02 bits per heavy atom. The van der Waals surface area contributed by atoms with Crippen molar-refractivity contribution in [2.75, 3.05) is 38.1 Å². The first-order valence-corrected chi connectivity index (χ1v) is 15.0. The first-order chi connectivity index (χ1) is 19.9. The molecule has 0 atom stereocenters. The van der Waals surface area contributed by atoms with Gasteiger partial charge in [0, 0.05) is 26.2 Å². The normalized spacial score (nSPS) is 14.6. The van der Waals surface area contributed by atoms with E-state index in [1.807, 2.05) is 36.4 Å². The number of nitrogens with one attached hydrogen (secondary N) is 1. The van der Waals surface area contributed by atoms with Gasteiger partial charge in [-0.3, -0.25) is 9.69 Å². The fourth-order valence-corrected chi connectivity index (χ4v) is 6.57. The van der Waals surface area contributed by atoms with Gasteiger partial charge in [-0.1, -0.05) is 72.8 Å². The fraction of sp³-hybridized carbons (Fsp3) is 0.219. The highest BCUT2D eigenvalue weighted by atomic mass is 32.2. The maximum absolute atomic E-state index is 14.2. The lowest BCUT2D eigenvalue weighted by atomic mass is 9.96. The van der Waals surface area contributed by atoms with Crippen molar-refractivity contribution in [3.05, 3.63) is 126 Å². The lowest BCUT2D eigenvalue weighted by Crippen LogP contribution is -2.49. The van der Waals surface area contributed by atoms with Gasteiger partial charge in [-0.05, 0) is 48.4 Å². The summed E-state index contributed by atoms with van der Waals surface area (Å²) < 4.78 is 48.8. The largest absolute Gasteiger partial charge is 0.492 e. The second-order valence-corrected chi connectivity index (χ2v) is 11.6. The van der Waals surface area contributed by atoms with Gasteiger partial charge in [0.2, 0.25) is 10.0 Å². The second kappa shape index (κ2) is 12.6. The smallest absolute Gasteiger partial charge is 0.258 e. The van der Waals surface area contributed by atoms with E-state index in [-0.39, 0.29) is 22.2 Å². The van der Waals surface area contributed by atoms with E-state index in [1.165, 1.54) is 40.7 Å². The minimum Gasteiger partial charge on any atom is -0.492 e. The van der Waals surface area contributed by atoms with E-state index in [1.54, 1.807) is 13.0 Å². The van der Waals surface area contributed by atoms with Gasteiger partial charge < -0.3 is 10.1 Å². The van der Waals surface area contributed by atoms with E-state index in [9.17, 15) is 17.6 Å². The van der Waals surface area contributed by atoms with E-state index >= 15 is 0 Å². The van der Waals surface area contributed by atoms with Gasteiger partial charge in [0.15, 0.2) is 0 Å². The van der Waals surface area contributed by atoms with E-state index in [0.29, 0.717) is 38.5 Å². The molecule has 1 aliphatic heterocycles. The average Bonchev–Trinajstić information content (AvgIpc) is 3.00. The molecule has 4 aromatic carbocycles. The van der Waals surface area contributed by atoms with Crippen molar-refractivity contribution in [3.63, 3.8) is 0 Å². The van der Waals surface area contributed by atoms with Crippen molar-refractivity contribution >= 4 is 21.6 Å². The van der Waals surface area contributed by atoms with Crippen molar-refractivity contribution < 1.29 is 22.3 Å². The number of carbonyl (C=O) groups excluding carboxylic acids is 1. The van der Waals surface area contributed by atoms with Gasteiger partial charge in [-0.25, -0.2) is 12.8 Å². The number of benzene rings is 4. The van der Waals surface area contributed by atoms with Gasteiger partial charge in [-0.2, -0.15) is 4.31 Å². The van der Waals surface area contributed by atoms with Crippen LogP contribution in [-0.4, -0.2) is 56.3 Å². The Kier molecular flexibility index (Phi) is 8.78. The van der Waals surface area contributed by atoms with Crippen molar-refractivity contribution in [2.45, 2.75) is 17.9 Å². The van der Waals surface area contributed by atoms with Gasteiger partial charge in [-0.15, -0.1) is 0 Å². The van der Waals surface area contributed by atoms with Gasteiger partial charge in [0.05, 0.1) is 28.8 Å². The van der Waals surface area contributed by atoms with Crippen LogP contribution < -0.4 is 10.1 Å². The molecule has 0 bridgehead atoms. The molecule has 1 N–H and O–H groups in total. The third kappa shape index (κ3) is 6.32. The molecule has 0 aliphatic carbocycles. The highest BCUT2D eigenvalue weighted by molar-refractivity contribution is 7.89. The number of hydrogen-bond acceptors (Lipinski definition) is 5. The van der Waals surface area contributed by atoms with Crippen LogP contribution in [0.4, 0.5) is 10.1 Å². The number of hydrogen-bond donors (Lipinski definition) is 1. The quantitative estimate of drug-likeness (QED) is 0.283. The van der Waals surface area contributed by atoms with Gasteiger partial charge >= 0.3 is 0 Å². The summed E-state index contributed by atoms with van der Waals surface area (Å²) in [4.78, 5) is 15.1. The molecule has 1 aliphatic rings. The van der Waals surface area contributed by atoms with Crippen LogP contribution in [0, 0.1) is 5.82 Å². The standard InChI is InChI=1S/C32H32FN3O4S/c1-2-40-30-18-17-26(23-29(30)34-32(37)27-15-9-10-16-28(27)33)41(38,39)36-21-19-35(20-22-36)31(24-11-5-3-6-12-24)25-13-7-4-8-14-25/h3-18,23,31H,2,19-22H2,1H3,(H,34,37). The number of sulfonamides is 1. The molecule has 0 radical (unpaired) electrons. The van der Waals surface area contributed by atoms with Gasteiger partial charge in [0.1, 0.15) is 11.6 Å². The molecule has 212 valence electrons. The minimum atomic E-state index is -3.88. The molecule has 4 aromatic rings. The third-order valence-electron chi connectivity index (χ3n) is 7.12. The first-order valence-electron chi connectivity index (χ1n) is 13.6. The SMILES string of the molecule is CCOc1ccc(S(=O)(=O)N2CCN(C(c3ccccc3)c3ccccc3)CC2)cc1NC(=O)c1ccccc1F. The Morgan fingerprint density at radius 2 is 1.44 bits per heavy atom. The summed E-state index contributed by atoms with van der Waals surface area (Å²) in [5.41, 5.74) is 2.31. The zero-order chi connectivity index (χ0) is 28.8. The Morgan fingerprint density at radius 1 is 0.854 bits per heavy atom. The van der Waals surface area contributed by atoms with Gasteiger partial charge in [0.25, 0.3) is 5.91 Å². The first kappa shape index (κ1) is 28.5. The zero-order valence-corrected chi connectivity index (χ0v) is 23.6. The van der Waals surface area contributed by atoms with Crippen LogP contribution in [0.3, 0.4) is 0 Å². The van der Waals surface area contributed by atoms with Crippen molar-refractivity contribution in [1.82, 2.24) is 9.21 Å². The van der Waals surface area contributed by atoms with Crippen molar-refractivity contribution in [1.29, 1.82) is 0 Å². The predicted octanol–water partition coefficient (Wildman–Crippen LogP) is 5.57.